The smallest absolute Gasteiger partial charge is 0.269 e. The number of nitro benzene ring substituents is 1. The van der Waals surface area contributed by atoms with Gasteiger partial charge in [-0.2, -0.15) is 0 Å². The van der Waals surface area contributed by atoms with Gasteiger partial charge in [0.25, 0.3) is 5.69 Å². The lowest BCUT2D eigenvalue weighted by Gasteiger charge is -2.17. The summed E-state index contributed by atoms with van der Waals surface area (Å²) in [6.07, 6.45) is 0.749. The monoisotopic (exact) mass is 269 g/mol. The van der Waals surface area contributed by atoms with Gasteiger partial charge in [0.2, 0.25) is 0 Å². The van der Waals surface area contributed by atoms with Crippen LogP contribution in [0, 0.1) is 10.1 Å². The van der Waals surface area contributed by atoms with Gasteiger partial charge in [0.05, 0.1) is 17.6 Å². The number of thiocarbonyl (C=S) groups is 1. The molecular formula is C11H15N3O3S. The number of anilines is 1. The summed E-state index contributed by atoms with van der Waals surface area (Å²) in [6, 6.07) is 5.85. The van der Waals surface area contributed by atoms with E-state index >= 15 is 0 Å². The van der Waals surface area contributed by atoms with Gasteiger partial charge in [0.1, 0.15) is 0 Å². The second kappa shape index (κ2) is 6.87. The second-order valence-electron chi connectivity index (χ2n) is 3.69. The highest BCUT2D eigenvalue weighted by atomic mass is 32.1. The van der Waals surface area contributed by atoms with Crippen LogP contribution in [-0.2, 0) is 0 Å². The van der Waals surface area contributed by atoms with Gasteiger partial charge in [-0.1, -0.05) is 6.92 Å². The van der Waals surface area contributed by atoms with Crippen molar-refractivity contribution in [3.63, 3.8) is 0 Å². The van der Waals surface area contributed by atoms with Gasteiger partial charge in [0.15, 0.2) is 5.11 Å². The Balaban J connectivity index is 2.56. The van der Waals surface area contributed by atoms with Crippen LogP contribution in [0.25, 0.3) is 0 Å². The third kappa shape index (κ3) is 4.27. The Morgan fingerprint density at radius 1 is 1.50 bits per heavy atom. The molecule has 0 bridgehead atoms. The Morgan fingerprint density at radius 3 is 2.56 bits per heavy atom. The lowest BCUT2D eigenvalue weighted by molar-refractivity contribution is -0.384. The maximum absolute atomic E-state index is 10.5. The first-order chi connectivity index (χ1) is 8.56. The van der Waals surface area contributed by atoms with Crippen LogP contribution in [0.4, 0.5) is 11.4 Å². The highest BCUT2D eigenvalue weighted by molar-refractivity contribution is 7.80. The normalized spacial score (nSPS) is 11.7. The SMILES string of the molecule is CC[C@@H](CO)NC(=S)Nc1ccc([N+](=O)[O-])cc1. The zero-order valence-electron chi connectivity index (χ0n) is 9.92. The number of aliphatic hydroxyl groups is 1. The van der Waals surface area contributed by atoms with Crippen molar-refractivity contribution in [2.24, 2.45) is 0 Å². The first kappa shape index (κ1) is 14.3. The Kier molecular flexibility index (Phi) is 5.47. The van der Waals surface area contributed by atoms with E-state index < -0.39 is 4.92 Å². The molecule has 0 heterocycles. The minimum atomic E-state index is -0.459. The van der Waals surface area contributed by atoms with Crippen molar-refractivity contribution < 1.29 is 10.0 Å². The van der Waals surface area contributed by atoms with Gasteiger partial charge in [-0.15, -0.1) is 0 Å². The van der Waals surface area contributed by atoms with Gasteiger partial charge >= 0.3 is 0 Å². The number of non-ortho nitro benzene ring substituents is 1. The molecule has 98 valence electrons. The zero-order valence-corrected chi connectivity index (χ0v) is 10.7. The van der Waals surface area contributed by atoms with Crippen molar-refractivity contribution in [3.8, 4) is 0 Å². The summed E-state index contributed by atoms with van der Waals surface area (Å²) in [5.41, 5.74) is 0.687. The Labute approximate surface area is 110 Å². The molecule has 0 fully saturated rings. The molecule has 0 radical (unpaired) electrons. The van der Waals surface area contributed by atoms with Crippen molar-refractivity contribution >= 4 is 28.7 Å². The molecule has 0 spiro atoms. The molecule has 1 aromatic carbocycles. The Bertz CT molecular complexity index is 418. The van der Waals surface area contributed by atoms with Crippen LogP contribution >= 0.6 is 12.2 Å². The molecule has 6 nitrogen and oxygen atoms in total. The van der Waals surface area contributed by atoms with Gasteiger partial charge in [-0.25, -0.2) is 0 Å². The fourth-order valence-electron chi connectivity index (χ4n) is 1.30. The van der Waals surface area contributed by atoms with Crippen molar-refractivity contribution in [1.29, 1.82) is 0 Å². The molecule has 0 aliphatic rings. The molecule has 1 rings (SSSR count). The number of nitrogens with zero attached hydrogens (tertiary/aromatic N) is 1. The lowest BCUT2D eigenvalue weighted by atomic mass is 10.2. The van der Waals surface area contributed by atoms with Crippen molar-refractivity contribution in [3.05, 3.63) is 34.4 Å². The molecule has 7 heteroatoms. The summed E-state index contributed by atoms with van der Waals surface area (Å²) >= 11 is 5.06. The number of hydrogen-bond donors (Lipinski definition) is 3. The maximum Gasteiger partial charge on any atom is 0.269 e. The number of nitro groups is 1. The van der Waals surface area contributed by atoms with E-state index in [9.17, 15) is 10.1 Å². The van der Waals surface area contributed by atoms with Crippen LogP contribution in [-0.4, -0.2) is 27.8 Å². The third-order valence-corrected chi connectivity index (χ3v) is 2.60. The van der Waals surface area contributed by atoms with E-state index in [1.807, 2.05) is 6.92 Å². The summed E-state index contributed by atoms with van der Waals surface area (Å²) in [7, 11) is 0. The van der Waals surface area contributed by atoms with E-state index in [4.69, 9.17) is 17.3 Å². The van der Waals surface area contributed by atoms with Gasteiger partial charge in [-0.3, -0.25) is 10.1 Å². The third-order valence-electron chi connectivity index (χ3n) is 2.38. The molecule has 0 saturated carbocycles. The molecule has 0 amide bonds. The van der Waals surface area contributed by atoms with E-state index in [0.717, 1.165) is 6.42 Å². The topological polar surface area (TPSA) is 87.4 Å². The summed E-state index contributed by atoms with van der Waals surface area (Å²) < 4.78 is 0. The molecule has 0 aromatic heterocycles. The summed E-state index contributed by atoms with van der Waals surface area (Å²) in [5, 5.41) is 25.7. The van der Waals surface area contributed by atoms with E-state index in [2.05, 4.69) is 10.6 Å². The minimum Gasteiger partial charge on any atom is -0.394 e. The predicted octanol–water partition coefficient (Wildman–Crippen LogP) is 1.65. The Morgan fingerprint density at radius 2 is 2.11 bits per heavy atom. The molecular weight excluding hydrogens is 254 g/mol. The van der Waals surface area contributed by atoms with Gasteiger partial charge < -0.3 is 15.7 Å². The summed E-state index contributed by atoms with van der Waals surface area (Å²) in [6.45, 7) is 1.93. The van der Waals surface area contributed by atoms with E-state index in [1.54, 1.807) is 12.1 Å². The number of rotatable bonds is 5. The molecule has 0 aliphatic heterocycles. The van der Waals surface area contributed by atoms with E-state index in [0.29, 0.717) is 10.8 Å². The average molecular weight is 269 g/mol. The lowest BCUT2D eigenvalue weighted by Crippen LogP contribution is -2.39. The van der Waals surface area contributed by atoms with Crippen molar-refractivity contribution in [1.82, 2.24) is 5.32 Å². The molecule has 0 saturated heterocycles. The zero-order chi connectivity index (χ0) is 13.5. The van der Waals surface area contributed by atoms with Crippen LogP contribution in [0.3, 0.4) is 0 Å². The highest BCUT2D eigenvalue weighted by Crippen LogP contribution is 2.15. The van der Waals surface area contributed by atoms with Crippen LogP contribution < -0.4 is 10.6 Å². The minimum absolute atomic E-state index is 0.00141. The van der Waals surface area contributed by atoms with Crippen molar-refractivity contribution in [2.45, 2.75) is 19.4 Å². The predicted molar refractivity (Wildman–Crippen MR) is 73.6 cm³/mol. The highest BCUT2D eigenvalue weighted by Gasteiger charge is 2.07. The molecule has 18 heavy (non-hydrogen) atoms. The number of aliphatic hydroxyl groups excluding tert-OH is 1. The van der Waals surface area contributed by atoms with Gasteiger partial charge in [-0.05, 0) is 30.8 Å². The van der Waals surface area contributed by atoms with E-state index in [-0.39, 0.29) is 18.3 Å². The number of benzene rings is 1. The maximum atomic E-state index is 10.5. The van der Waals surface area contributed by atoms with Gasteiger partial charge in [0, 0.05) is 17.8 Å². The molecule has 1 aromatic rings. The number of hydrogen-bond acceptors (Lipinski definition) is 4. The van der Waals surface area contributed by atoms with E-state index in [1.165, 1.54) is 12.1 Å². The van der Waals surface area contributed by atoms with Crippen LogP contribution in [0.5, 0.6) is 0 Å². The fourth-order valence-corrected chi connectivity index (χ4v) is 1.58. The number of nitrogens with one attached hydrogen (secondary N) is 2. The fraction of sp³-hybridized carbons (Fsp3) is 0.364. The molecule has 3 N–H and O–H groups in total. The summed E-state index contributed by atoms with van der Waals surface area (Å²) in [5.74, 6) is 0. The largest absolute Gasteiger partial charge is 0.394 e. The molecule has 0 unspecified atom stereocenters. The second-order valence-corrected chi connectivity index (χ2v) is 4.10. The van der Waals surface area contributed by atoms with Crippen LogP contribution in [0.2, 0.25) is 0 Å². The summed E-state index contributed by atoms with van der Waals surface area (Å²) in [4.78, 5) is 10.0. The first-order valence-electron chi connectivity index (χ1n) is 5.49. The molecule has 1 atom stereocenters. The quantitative estimate of drug-likeness (QED) is 0.428. The van der Waals surface area contributed by atoms with Crippen LogP contribution in [0.1, 0.15) is 13.3 Å². The molecule has 0 aliphatic carbocycles. The average Bonchev–Trinajstić information content (AvgIpc) is 2.36. The van der Waals surface area contributed by atoms with Crippen LogP contribution in [0.15, 0.2) is 24.3 Å². The Hall–Kier alpha value is -1.73. The first-order valence-corrected chi connectivity index (χ1v) is 5.90. The standard InChI is InChI=1S/C11H15N3O3S/c1-2-8(7-15)12-11(18)13-9-3-5-10(6-4-9)14(16)17/h3-6,8,15H,2,7H2,1H3,(H2,12,13,18)/t8-/m0/s1. The van der Waals surface area contributed by atoms with Crippen molar-refractivity contribution in [2.75, 3.05) is 11.9 Å².